The first-order valence-electron chi connectivity index (χ1n) is 6.56. The lowest BCUT2D eigenvalue weighted by molar-refractivity contribution is -0.141. The zero-order valence-corrected chi connectivity index (χ0v) is 12.1. The Labute approximate surface area is 129 Å². The maximum Gasteiger partial charge on any atom is 0.433 e. The Morgan fingerprint density at radius 2 is 1.96 bits per heavy atom. The minimum atomic E-state index is -4.66. The van der Waals surface area contributed by atoms with Crippen molar-refractivity contribution in [3.05, 3.63) is 46.9 Å². The van der Waals surface area contributed by atoms with Crippen molar-refractivity contribution in [2.24, 2.45) is 0 Å². The third-order valence-corrected chi connectivity index (χ3v) is 2.88. The summed E-state index contributed by atoms with van der Waals surface area (Å²) in [5, 5.41) is 2.82. The molecule has 0 aliphatic heterocycles. The van der Waals surface area contributed by atoms with E-state index in [1.54, 1.807) is 19.2 Å². The fourth-order valence-corrected chi connectivity index (χ4v) is 1.83. The van der Waals surface area contributed by atoms with Crippen molar-refractivity contribution in [3.63, 3.8) is 0 Å². The van der Waals surface area contributed by atoms with Crippen LogP contribution < -0.4 is 15.8 Å². The van der Waals surface area contributed by atoms with Crippen LogP contribution in [0, 0.1) is 5.82 Å². The zero-order chi connectivity index (χ0) is 17.0. The number of hydrogen-bond donors (Lipinski definition) is 2. The quantitative estimate of drug-likeness (QED) is 0.824. The van der Waals surface area contributed by atoms with Crippen LogP contribution in [-0.2, 0) is 19.3 Å². The second-order valence-electron chi connectivity index (χ2n) is 4.69. The highest BCUT2D eigenvalue weighted by Crippen LogP contribution is 2.30. The molecule has 0 unspecified atom stereocenters. The Kier molecular flexibility index (Phi) is 4.99. The van der Waals surface area contributed by atoms with Crippen LogP contribution in [0.5, 0.6) is 5.88 Å². The van der Waals surface area contributed by atoms with Crippen LogP contribution in [0.4, 0.5) is 23.5 Å². The molecule has 0 saturated carbocycles. The summed E-state index contributed by atoms with van der Waals surface area (Å²) in [6.07, 6.45) is -4.66. The Morgan fingerprint density at radius 3 is 2.57 bits per heavy atom. The molecule has 0 amide bonds. The van der Waals surface area contributed by atoms with E-state index < -0.39 is 23.6 Å². The van der Waals surface area contributed by atoms with E-state index in [1.165, 1.54) is 6.07 Å². The van der Waals surface area contributed by atoms with Crippen LogP contribution >= 0.6 is 0 Å². The summed E-state index contributed by atoms with van der Waals surface area (Å²) in [7, 11) is 1.69. The number of hydrogen-bond acceptors (Lipinski definition) is 5. The van der Waals surface area contributed by atoms with Gasteiger partial charge >= 0.3 is 6.18 Å². The smallest absolute Gasteiger partial charge is 0.433 e. The number of anilines is 1. The number of ether oxygens (including phenoxy) is 1. The lowest BCUT2D eigenvalue weighted by Crippen LogP contribution is -2.12. The number of nitrogens with two attached hydrogens (primary N) is 1. The van der Waals surface area contributed by atoms with Gasteiger partial charge in [0.25, 0.3) is 0 Å². The van der Waals surface area contributed by atoms with Crippen molar-refractivity contribution in [1.29, 1.82) is 0 Å². The van der Waals surface area contributed by atoms with Gasteiger partial charge in [0.2, 0.25) is 11.8 Å². The summed E-state index contributed by atoms with van der Waals surface area (Å²) in [6.45, 7) is 0.217. The van der Waals surface area contributed by atoms with Gasteiger partial charge in [-0.1, -0.05) is 12.1 Å². The zero-order valence-electron chi connectivity index (χ0n) is 12.1. The van der Waals surface area contributed by atoms with Gasteiger partial charge in [0.05, 0.1) is 0 Å². The molecule has 0 bridgehead atoms. The Morgan fingerprint density at radius 1 is 1.22 bits per heavy atom. The number of nitrogens with zero attached hydrogens (tertiary/aromatic N) is 2. The predicted octanol–water partition coefficient (Wildman–Crippen LogP) is 2.52. The third-order valence-electron chi connectivity index (χ3n) is 2.88. The van der Waals surface area contributed by atoms with Crippen molar-refractivity contribution in [3.8, 4) is 5.88 Å². The average molecular weight is 330 g/mol. The largest absolute Gasteiger partial charge is 0.473 e. The number of benzene rings is 1. The molecule has 3 N–H and O–H groups in total. The van der Waals surface area contributed by atoms with E-state index in [9.17, 15) is 17.6 Å². The Bertz CT molecular complexity index is 691. The molecule has 0 radical (unpaired) electrons. The molecule has 1 aromatic carbocycles. The van der Waals surface area contributed by atoms with Crippen molar-refractivity contribution < 1.29 is 22.3 Å². The second-order valence-corrected chi connectivity index (χ2v) is 4.69. The predicted molar refractivity (Wildman–Crippen MR) is 74.9 cm³/mol. The van der Waals surface area contributed by atoms with Crippen molar-refractivity contribution >= 4 is 5.95 Å². The number of nitrogen functional groups attached to an aromatic ring is 1. The van der Waals surface area contributed by atoms with Crippen molar-refractivity contribution in [2.45, 2.75) is 19.3 Å². The first-order valence-corrected chi connectivity index (χ1v) is 6.56. The molecule has 124 valence electrons. The van der Waals surface area contributed by atoms with E-state index in [-0.39, 0.29) is 12.5 Å². The van der Waals surface area contributed by atoms with Gasteiger partial charge in [-0.25, -0.2) is 9.37 Å². The summed E-state index contributed by atoms with van der Waals surface area (Å²) in [5.74, 6) is -1.31. The van der Waals surface area contributed by atoms with Gasteiger partial charge in [-0.3, -0.25) is 0 Å². The number of rotatable bonds is 5. The Balaban J connectivity index is 2.12. The second kappa shape index (κ2) is 6.78. The minimum absolute atomic E-state index is 0.148. The molecule has 23 heavy (non-hydrogen) atoms. The first-order chi connectivity index (χ1) is 10.8. The van der Waals surface area contributed by atoms with Crippen LogP contribution in [0.2, 0.25) is 0 Å². The number of aromatic nitrogens is 2. The van der Waals surface area contributed by atoms with Crippen LogP contribution in [0.1, 0.15) is 16.8 Å². The SMILES string of the molecule is CNCc1ccc(COc2cc(C(F)(F)F)nc(N)n2)cc1F. The van der Waals surface area contributed by atoms with Gasteiger partial charge in [-0.05, 0) is 18.7 Å². The fourth-order valence-electron chi connectivity index (χ4n) is 1.83. The molecule has 0 atom stereocenters. The van der Waals surface area contributed by atoms with E-state index in [2.05, 4.69) is 15.3 Å². The van der Waals surface area contributed by atoms with Crippen LogP contribution in [0.25, 0.3) is 0 Å². The lowest BCUT2D eigenvalue weighted by atomic mass is 10.1. The first kappa shape index (κ1) is 16.9. The molecule has 5 nitrogen and oxygen atoms in total. The van der Waals surface area contributed by atoms with Gasteiger partial charge in [-0.15, -0.1) is 0 Å². The van der Waals surface area contributed by atoms with Crippen molar-refractivity contribution in [2.75, 3.05) is 12.8 Å². The molecule has 1 heterocycles. The molecule has 1 aromatic heterocycles. The number of halogens is 4. The molecule has 2 aromatic rings. The number of nitrogens with one attached hydrogen (secondary N) is 1. The van der Waals surface area contributed by atoms with E-state index in [0.29, 0.717) is 23.7 Å². The maximum absolute atomic E-state index is 13.8. The monoisotopic (exact) mass is 330 g/mol. The van der Waals surface area contributed by atoms with E-state index in [1.807, 2.05) is 0 Å². The molecule has 0 fully saturated rings. The fraction of sp³-hybridized carbons (Fsp3) is 0.286. The molecule has 0 saturated heterocycles. The van der Waals surface area contributed by atoms with Gasteiger partial charge < -0.3 is 15.8 Å². The molecule has 0 aliphatic carbocycles. The highest BCUT2D eigenvalue weighted by molar-refractivity contribution is 5.28. The van der Waals surface area contributed by atoms with Crippen LogP contribution in [-0.4, -0.2) is 17.0 Å². The van der Waals surface area contributed by atoms with E-state index >= 15 is 0 Å². The molecule has 0 spiro atoms. The molecular weight excluding hydrogens is 316 g/mol. The molecule has 0 aliphatic rings. The Hall–Kier alpha value is -2.42. The van der Waals surface area contributed by atoms with Gasteiger partial charge in [0, 0.05) is 18.2 Å². The summed E-state index contributed by atoms with van der Waals surface area (Å²) in [4.78, 5) is 6.67. The van der Waals surface area contributed by atoms with Gasteiger partial charge in [-0.2, -0.15) is 18.2 Å². The van der Waals surface area contributed by atoms with Gasteiger partial charge in [0.1, 0.15) is 12.4 Å². The normalized spacial score (nSPS) is 11.5. The van der Waals surface area contributed by atoms with E-state index in [0.717, 1.165) is 0 Å². The summed E-state index contributed by atoms with van der Waals surface area (Å²) < 4.78 is 56.8. The van der Waals surface area contributed by atoms with Crippen molar-refractivity contribution in [1.82, 2.24) is 15.3 Å². The maximum atomic E-state index is 13.8. The number of alkyl halides is 3. The highest BCUT2D eigenvalue weighted by atomic mass is 19.4. The molecular formula is C14H14F4N4O. The van der Waals surface area contributed by atoms with E-state index in [4.69, 9.17) is 10.5 Å². The summed E-state index contributed by atoms with van der Waals surface area (Å²) >= 11 is 0. The molecule has 2 rings (SSSR count). The third kappa shape index (κ3) is 4.52. The summed E-state index contributed by atoms with van der Waals surface area (Å²) in [5.41, 5.74) is 4.96. The average Bonchev–Trinajstić information content (AvgIpc) is 2.46. The summed E-state index contributed by atoms with van der Waals surface area (Å²) in [6, 6.07) is 5.08. The lowest BCUT2D eigenvalue weighted by Gasteiger charge is -2.10. The molecule has 9 heteroatoms. The standard InChI is InChI=1S/C14H14F4N4O/c1-20-6-9-3-2-8(4-10(9)15)7-23-12-5-11(14(16,17)18)21-13(19)22-12/h2-5,20H,6-7H2,1H3,(H2,19,21,22). The highest BCUT2D eigenvalue weighted by Gasteiger charge is 2.33. The van der Waals surface area contributed by atoms with Crippen LogP contribution in [0.15, 0.2) is 24.3 Å². The minimum Gasteiger partial charge on any atom is -0.473 e. The van der Waals surface area contributed by atoms with Gasteiger partial charge in [0.15, 0.2) is 5.69 Å². The topological polar surface area (TPSA) is 73.1 Å². The van der Waals surface area contributed by atoms with Crippen LogP contribution in [0.3, 0.4) is 0 Å².